The van der Waals surface area contributed by atoms with Crippen LogP contribution in [0.2, 0.25) is 0 Å². The zero-order valence-corrected chi connectivity index (χ0v) is 12.7. The summed E-state index contributed by atoms with van der Waals surface area (Å²) in [6.07, 6.45) is 1.80. The van der Waals surface area contributed by atoms with Crippen LogP contribution in [0.15, 0.2) is 30.5 Å². The van der Waals surface area contributed by atoms with E-state index < -0.39 is 0 Å². The molecule has 1 saturated heterocycles. The third-order valence-corrected chi connectivity index (χ3v) is 4.25. The van der Waals surface area contributed by atoms with Crippen LogP contribution >= 0.6 is 0 Å². The van der Waals surface area contributed by atoms with Crippen molar-refractivity contribution in [2.24, 2.45) is 0 Å². The highest BCUT2D eigenvalue weighted by Crippen LogP contribution is 2.33. The fraction of sp³-hybridized carbons (Fsp3) is 0.438. The molecule has 5 heteroatoms. The summed E-state index contributed by atoms with van der Waals surface area (Å²) in [5.41, 5.74) is 9.37. The van der Waals surface area contributed by atoms with Gasteiger partial charge < -0.3 is 10.6 Å². The van der Waals surface area contributed by atoms with Crippen molar-refractivity contribution in [2.45, 2.75) is 19.9 Å². The quantitative estimate of drug-likeness (QED) is 0.907. The molecular formula is C16H23N5. The number of nitrogens with zero attached hydrogens (tertiary/aromatic N) is 3. The highest BCUT2D eigenvalue weighted by atomic mass is 15.3. The second-order valence-electron chi connectivity index (χ2n) is 5.83. The van der Waals surface area contributed by atoms with Crippen molar-refractivity contribution < 1.29 is 0 Å². The first-order chi connectivity index (χ1) is 10.2. The topological polar surface area (TPSA) is 61.2 Å². The van der Waals surface area contributed by atoms with E-state index in [-0.39, 0.29) is 0 Å². The van der Waals surface area contributed by atoms with Crippen LogP contribution in [-0.4, -0.2) is 47.3 Å². The summed E-state index contributed by atoms with van der Waals surface area (Å²) < 4.78 is 0. The number of aromatic amines is 1. The van der Waals surface area contributed by atoms with Gasteiger partial charge in [0.25, 0.3) is 0 Å². The third kappa shape index (κ3) is 2.74. The van der Waals surface area contributed by atoms with Gasteiger partial charge in [-0.2, -0.15) is 5.10 Å². The number of aromatic nitrogens is 2. The lowest BCUT2D eigenvalue weighted by Crippen LogP contribution is -2.49. The zero-order chi connectivity index (χ0) is 14.8. The van der Waals surface area contributed by atoms with Gasteiger partial charge in [-0.25, -0.2) is 0 Å². The van der Waals surface area contributed by atoms with E-state index in [1.165, 1.54) is 5.69 Å². The first-order valence-corrected chi connectivity index (χ1v) is 7.54. The molecule has 1 fully saturated rings. The Bertz CT molecular complexity index is 596. The number of rotatable bonds is 3. The molecular weight excluding hydrogens is 262 g/mol. The van der Waals surface area contributed by atoms with Crippen molar-refractivity contribution in [1.29, 1.82) is 0 Å². The predicted octanol–water partition coefficient (Wildman–Crippen LogP) is 2.19. The minimum atomic E-state index is 0.618. The van der Waals surface area contributed by atoms with Gasteiger partial charge in [0.1, 0.15) is 5.82 Å². The molecule has 21 heavy (non-hydrogen) atoms. The lowest BCUT2D eigenvalue weighted by molar-refractivity contribution is 0.209. The minimum absolute atomic E-state index is 0.618. The molecule has 0 aliphatic carbocycles. The molecule has 3 rings (SSSR count). The summed E-state index contributed by atoms with van der Waals surface area (Å²) in [6, 6.07) is 9.05. The molecule has 3 N–H and O–H groups in total. The average molecular weight is 285 g/mol. The molecule has 5 nitrogen and oxygen atoms in total. The maximum Gasteiger partial charge on any atom is 0.126 e. The van der Waals surface area contributed by atoms with Crippen LogP contribution in [0, 0.1) is 0 Å². The van der Waals surface area contributed by atoms with Crippen LogP contribution in [0.4, 0.5) is 11.5 Å². The van der Waals surface area contributed by atoms with Crippen LogP contribution in [0.5, 0.6) is 0 Å². The summed E-state index contributed by atoms with van der Waals surface area (Å²) in [5, 5.41) is 6.86. The lowest BCUT2D eigenvalue weighted by atomic mass is 10.0. The predicted molar refractivity (Wildman–Crippen MR) is 87.4 cm³/mol. The van der Waals surface area contributed by atoms with Crippen LogP contribution in [-0.2, 0) is 0 Å². The molecule has 0 bridgehead atoms. The number of benzene rings is 1. The molecule has 0 spiro atoms. The average Bonchev–Trinajstić information content (AvgIpc) is 2.93. The molecule has 0 unspecified atom stereocenters. The molecule has 2 aromatic rings. The Balaban J connectivity index is 1.86. The first-order valence-electron chi connectivity index (χ1n) is 7.54. The summed E-state index contributed by atoms with van der Waals surface area (Å²) in [4.78, 5) is 4.96. The highest BCUT2D eigenvalue weighted by Gasteiger charge is 2.21. The van der Waals surface area contributed by atoms with Gasteiger partial charge in [0.15, 0.2) is 0 Å². The van der Waals surface area contributed by atoms with Gasteiger partial charge in [0, 0.05) is 49.0 Å². The highest BCUT2D eigenvalue weighted by molar-refractivity contribution is 5.83. The minimum Gasteiger partial charge on any atom is -0.384 e. The van der Waals surface area contributed by atoms with Crippen LogP contribution < -0.4 is 10.6 Å². The van der Waals surface area contributed by atoms with E-state index in [2.05, 4.69) is 58.1 Å². The second kappa shape index (κ2) is 5.77. The lowest BCUT2D eigenvalue weighted by Gasteiger charge is -2.38. The molecule has 2 heterocycles. The van der Waals surface area contributed by atoms with Gasteiger partial charge in [-0.15, -0.1) is 0 Å². The fourth-order valence-electron chi connectivity index (χ4n) is 2.97. The normalized spacial score (nSPS) is 16.6. The second-order valence-corrected chi connectivity index (χ2v) is 5.83. The summed E-state index contributed by atoms with van der Waals surface area (Å²) in [5.74, 6) is 0.628. The Morgan fingerprint density at radius 3 is 2.43 bits per heavy atom. The fourth-order valence-corrected chi connectivity index (χ4v) is 2.97. The number of nitrogen functional groups attached to an aromatic ring is 1. The van der Waals surface area contributed by atoms with Crippen LogP contribution in [0.1, 0.15) is 13.8 Å². The molecule has 1 aliphatic heterocycles. The third-order valence-electron chi connectivity index (χ3n) is 4.25. The maximum absolute atomic E-state index is 5.99. The molecule has 1 aromatic heterocycles. The Labute approximate surface area is 125 Å². The van der Waals surface area contributed by atoms with E-state index in [4.69, 9.17) is 5.73 Å². The molecule has 112 valence electrons. The van der Waals surface area contributed by atoms with Gasteiger partial charge in [-0.05, 0) is 19.9 Å². The maximum atomic E-state index is 5.99. The number of hydrogen-bond acceptors (Lipinski definition) is 4. The number of hydrogen-bond donors (Lipinski definition) is 2. The summed E-state index contributed by atoms with van der Waals surface area (Å²) in [6.45, 7) is 8.82. The Hall–Kier alpha value is -2.01. The molecule has 0 saturated carbocycles. The summed E-state index contributed by atoms with van der Waals surface area (Å²) in [7, 11) is 0. The smallest absolute Gasteiger partial charge is 0.126 e. The van der Waals surface area contributed by atoms with Crippen molar-refractivity contribution in [2.75, 3.05) is 36.8 Å². The van der Waals surface area contributed by atoms with E-state index in [1.54, 1.807) is 6.20 Å². The van der Waals surface area contributed by atoms with Gasteiger partial charge >= 0.3 is 0 Å². The van der Waals surface area contributed by atoms with E-state index in [0.717, 1.165) is 37.3 Å². The number of para-hydroxylation sites is 1. The van der Waals surface area contributed by atoms with Crippen molar-refractivity contribution in [1.82, 2.24) is 15.1 Å². The van der Waals surface area contributed by atoms with Gasteiger partial charge in [-0.1, -0.05) is 18.2 Å². The Morgan fingerprint density at radius 1 is 1.10 bits per heavy atom. The van der Waals surface area contributed by atoms with Gasteiger partial charge in [0.05, 0.1) is 6.20 Å². The molecule has 1 aromatic carbocycles. The van der Waals surface area contributed by atoms with Crippen LogP contribution in [0.25, 0.3) is 11.1 Å². The van der Waals surface area contributed by atoms with E-state index >= 15 is 0 Å². The SMILES string of the molecule is CC(C)N1CCN(c2ccccc2-c2cn[nH]c2N)CC1. The zero-order valence-electron chi connectivity index (χ0n) is 12.7. The number of nitrogens with one attached hydrogen (secondary N) is 1. The number of anilines is 2. The van der Waals surface area contributed by atoms with Crippen molar-refractivity contribution in [3.8, 4) is 11.1 Å². The Kier molecular flexibility index (Phi) is 3.84. The van der Waals surface area contributed by atoms with E-state index in [1.807, 2.05) is 0 Å². The molecule has 0 radical (unpaired) electrons. The summed E-state index contributed by atoms with van der Waals surface area (Å²) >= 11 is 0. The number of nitrogens with two attached hydrogens (primary N) is 1. The Morgan fingerprint density at radius 2 is 1.81 bits per heavy atom. The molecule has 1 aliphatic rings. The van der Waals surface area contributed by atoms with Gasteiger partial charge in [0.2, 0.25) is 0 Å². The molecule has 0 atom stereocenters. The van der Waals surface area contributed by atoms with E-state index in [9.17, 15) is 0 Å². The van der Waals surface area contributed by atoms with E-state index in [0.29, 0.717) is 11.9 Å². The molecule has 0 amide bonds. The van der Waals surface area contributed by atoms with Crippen molar-refractivity contribution >= 4 is 11.5 Å². The van der Waals surface area contributed by atoms with Crippen molar-refractivity contribution in [3.63, 3.8) is 0 Å². The van der Waals surface area contributed by atoms with Gasteiger partial charge in [-0.3, -0.25) is 10.00 Å². The van der Waals surface area contributed by atoms with Crippen LogP contribution in [0.3, 0.4) is 0 Å². The van der Waals surface area contributed by atoms with Crippen molar-refractivity contribution in [3.05, 3.63) is 30.5 Å². The number of H-pyrrole nitrogens is 1. The first kappa shape index (κ1) is 13.9. The largest absolute Gasteiger partial charge is 0.384 e. The monoisotopic (exact) mass is 285 g/mol. The standard InChI is InChI=1S/C16H23N5/c1-12(2)20-7-9-21(10-8-20)15-6-4-3-5-13(15)14-11-18-19-16(14)17/h3-6,11-12H,7-10H2,1-2H3,(H3,17,18,19). The number of piperazine rings is 1.